The normalized spacial score (nSPS) is 10.7. The molecule has 45 heavy (non-hydrogen) atoms. The number of carboxylic acids is 3. The van der Waals surface area contributed by atoms with Crippen LogP contribution in [0.25, 0.3) is 10.8 Å². The predicted molar refractivity (Wildman–Crippen MR) is 181 cm³/mol. The first-order chi connectivity index (χ1) is 21.7. The Bertz CT molecular complexity index is 1310. The molecule has 3 aromatic carbocycles. The van der Waals surface area contributed by atoms with Crippen LogP contribution in [0.3, 0.4) is 0 Å². The van der Waals surface area contributed by atoms with Crippen LogP contribution in [0.5, 0.6) is 5.75 Å². The summed E-state index contributed by atoms with van der Waals surface area (Å²) in [7, 11) is 0. The van der Waals surface area contributed by atoms with Crippen LogP contribution in [0, 0.1) is 0 Å². The Balaban J connectivity index is 0.000000414. The average molecular weight is 622 g/mol. The van der Waals surface area contributed by atoms with Gasteiger partial charge in [-0.3, -0.25) is 0 Å². The number of aromatic carboxylic acids is 3. The van der Waals surface area contributed by atoms with Crippen LogP contribution in [0.2, 0.25) is 0 Å². The highest BCUT2D eigenvalue weighted by atomic mass is 16.4. The number of hydrogen-bond donors (Lipinski definition) is 5. The Labute approximate surface area is 267 Å². The molecule has 246 valence electrons. The quantitative estimate of drug-likeness (QED) is 0.0739. The van der Waals surface area contributed by atoms with E-state index in [1.54, 1.807) is 18.2 Å². The summed E-state index contributed by atoms with van der Waals surface area (Å²) in [6.45, 7) is 2.99. The van der Waals surface area contributed by atoms with Gasteiger partial charge in [-0.2, -0.15) is 0 Å². The van der Waals surface area contributed by atoms with E-state index < -0.39 is 17.9 Å². The number of fused-ring (bicyclic) bond motifs is 1. The first-order valence-electron chi connectivity index (χ1n) is 16.5. The zero-order valence-corrected chi connectivity index (χ0v) is 26.7. The average Bonchev–Trinajstić information content (AvgIpc) is 3.02. The minimum Gasteiger partial charge on any atom is -0.506 e. The van der Waals surface area contributed by atoms with E-state index >= 15 is 0 Å². The number of benzene rings is 3. The Morgan fingerprint density at radius 2 is 1.04 bits per heavy atom. The number of phenols is 1. The Morgan fingerprint density at radius 1 is 0.578 bits per heavy atom. The summed E-state index contributed by atoms with van der Waals surface area (Å²) in [4.78, 5) is 33.0. The van der Waals surface area contributed by atoms with Crippen molar-refractivity contribution < 1.29 is 34.8 Å². The minimum atomic E-state index is -1.12. The molecule has 0 bridgehead atoms. The van der Waals surface area contributed by atoms with Crippen molar-refractivity contribution in [1.82, 2.24) is 0 Å². The number of carboxylic acid groups (broad SMARTS) is 3. The summed E-state index contributed by atoms with van der Waals surface area (Å²) < 4.78 is 0. The fourth-order valence-corrected chi connectivity index (χ4v) is 5.31. The van der Waals surface area contributed by atoms with E-state index in [9.17, 15) is 19.5 Å². The lowest BCUT2D eigenvalue weighted by molar-refractivity contribution is 0.0680. The van der Waals surface area contributed by atoms with Crippen LogP contribution >= 0.6 is 0 Å². The van der Waals surface area contributed by atoms with Gasteiger partial charge in [0.05, 0.1) is 11.1 Å². The molecule has 0 amide bonds. The van der Waals surface area contributed by atoms with E-state index in [2.05, 4.69) is 12.2 Å². The minimum absolute atomic E-state index is 0.00521. The van der Waals surface area contributed by atoms with Gasteiger partial charge in [0.1, 0.15) is 11.3 Å². The van der Waals surface area contributed by atoms with E-state index in [0.29, 0.717) is 11.1 Å². The lowest BCUT2D eigenvalue weighted by Crippen LogP contribution is -2.07. The molecule has 5 N–H and O–H groups in total. The van der Waals surface area contributed by atoms with Crippen LogP contribution in [0.4, 0.5) is 5.69 Å². The van der Waals surface area contributed by atoms with Crippen molar-refractivity contribution in [2.45, 2.75) is 110 Å². The molecular formula is C37H51NO7. The number of nitrogens with one attached hydrogen (secondary N) is 1. The highest BCUT2D eigenvalue weighted by molar-refractivity contribution is 6.00. The first-order valence-corrected chi connectivity index (χ1v) is 16.5. The number of carbonyl (C=O) groups is 3. The third-order valence-corrected chi connectivity index (χ3v) is 7.92. The number of aromatic hydroxyl groups is 1. The maximum absolute atomic E-state index is 11.1. The van der Waals surface area contributed by atoms with E-state index in [4.69, 9.17) is 15.3 Å². The molecule has 0 unspecified atom stereocenters. The molecule has 0 aromatic heterocycles. The highest BCUT2D eigenvalue weighted by Crippen LogP contribution is 2.28. The molecule has 3 rings (SSSR count). The lowest BCUT2D eigenvalue weighted by atomic mass is 10.0. The lowest BCUT2D eigenvalue weighted by Gasteiger charge is -2.09. The number of rotatable bonds is 21. The third-order valence-electron chi connectivity index (χ3n) is 7.92. The van der Waals surface area contributed by atoms with Gasteiger partial charge in [0, 0.05) is 17.6 Å². The molecule has 8 heteroatoms. The van der Waals surface area contributed by atoms with Gasteiger partial charge in [-0.25, -0.2) is 14.4 Å². The Hall–Kier alpha value is -4.07. The number of unbranched alkanes of at least 4 members (excludes halogenated alkanes) is 15. The van der Waals surface area contributed by atoms with Crippen molar-refractivity contribution in [2.24, 2.45) is 0 Å². The maximum atomic E-state index is 11.1. The standard InChI is InChI=1S/C26H43NO4.C11H8O3/c1-2-3-4-5-6-7-8-9-10-11-12-13-14-15-16-17-18-27-24-20-22(25(28)29)19-23(21-24)26(30)31;12-10-8-4-2-1-3-7(8)5-6-9(10)11(13)14/h19-21,27H,2-18H2,1H3,(H,28,29)(H,30,31);1-6,12H,(H,13,14). The molecule has 0 spiro atoms. The molecule has 0 fully saturated rings. The summed E-state index contributed by atoms with van der Waals surface area (Å²) in [6.07, 6.45) is 21.2. The fourth-order valence-electron chi connectivity index (χ4n) is 5.31. The maximum Gasteiger partial charge on any atom is 0.339 e. The van der Waals surface area contributed by atoms with Crippen molar-refractivity contribution in [3.8, 4) is 5.75 Å². The van der Waals surface area contributed by atoms with Crippen LogP contribution < -0.4 is 5.32 Å². The fraction of sp³-hybridized carbons (Fsp3) is 0.486. The van der Waals surface area contributed by atoms with Crippen molar-refractivity contribution in [3.05, 3.63) is 71.3 Å². The van der Waals surface area contributed by atoms with E-state index in [1.807, 2.05) is 12.1 Å². The van der Waals surface area contributed by atoms with Crippen molar-refractivity contribution in [3.63, 3.8) is 0 Å². The molecule has 0 saturated heterocycles. The molecule has 0 heterocycles. The zero-order valence-electron chi connectivity index (χ0n) is 26.7. The monoisotopic (exact) mass is 621 g/mol. The smallest absolute Gasteiger partial charge is 0.339 e. The molecule has 0 aliphatic carbocycles. The summed E-state index contributed by atoms with van der Waals surface area (Å²) in [5, 5.41) is 41.2. The van der Waals surface area contributed by atoms with Crippen molar-refractivity contribution in [2.75, 3.05) is 11.9 Å². The molecule has 3 aromatic rings. The molecule has 0 radical (unpaired) electrons. The molecule has 0 aliphatic heterocycles. The van der Waals surface area contributed by atoms with E-state index in [0.717, 1.165) is 24.8 Å². The highest BCUT2D eigenvalue weighted by Gasteiger charge is 2.12. The second-order valence-electron chi connectivity index (χ2n) is 11.6. The van der Waals surface area contributed by atoms with Gasteiger partial charge in [-0.1, -0.05) is 134 Å². The van der Waals surface area contributed by atoms with Crippen LogP contribution in [-0.4, -0.2) is 44.9 Å². The predicted octanol–water partition coefficient (Wildman–Crippen LogP) is 10.0. The van der Waals surface area contributed by atoms with Crippen molar-refractivity contribution in [1.29, 1.82) is 0 Å². The molecular weight excluding hydrogens is 570 g/mol. The second-order valence-corrected chi connectivity index (χ2v) is 11.6. The zero-order chi connectivity index (χ0) is 32.9. The Kier molecular flexibility index (Phi) is 17.8. The first kappa shape index (κ1) is 37.1. The largest absolute Gasteiger partial charge is 0.506 e. The van der Waals surface area contributed by atoms with Gasteiger partial charge in [0.15, 0.2) is 0 Å². The Morgan fingerprint density at radius 3 is 1.51 bits per heavy atom. The summed E-state index contributed by atoms with van der Waals surface area (Å²) in [5.41, 5.74) is 0.478. The number of anilines is 1. The summed E-state index contributed by atoms with van der Waals surface area (Å²) in [6, 6.07) is 14.3. The van der Waals surface area contributed by atoms with Gasteiger partial charge in [0.2, 0.25) is 0 Å². The van der Waals surface area contributed by atoms with Crippen LogP contribution in [-0.2, 0) is 0 Å². The second kappa shape index (κ2) is 21.6. The summed E-state index contributed by atoms with van der Waals surface area (Å²) >= 11 is 0. The number of hydrogen-bond acceptors (Lipinski definition) is 5. The van der Waals surface area contributed by atoms with Gasteiger partial charge in [0.25, 0.3) is 0 Å². The third kappa shape index (κ3) is 14.5. The SMILES string of the molecule is CCCCCCCCCCCCCCCCCCNc1cc(C(=O)O)cc(C(=O)O)c1.O=C(O)c1ccc2ccccc2c1O. The van der Waals surface area contributed by atoms with Crippen LogP contribution in [0.1, 0.15) is 141 Å². The van der Waals surface area contributed by atoms with Crippen molar-refractivity contribution >= 4 is 34.4 Å². The molecule has 0 aliphatic rings. The van der Waals surface area contributed by atoms with Gasteiger partial charge < -0.3 is 25.7 Å². The summed E-state index contributed by atoms with van der Waals surface area (Å²) in [5.74, 6) is -3.52. The van der Waals surface area contributed by atoms with Crippen LogP contribution in [0.15, 0.2) is 54.6 Å². The van der Waals surface area contributed by atoms with E-state index in [-0.39, 0.29) is 22.4 Å². The molecule has 8 nitrogen and oxygen atoms in total. The van der Waals surface area contributed by atoms with Gasteiger partial charge >= 0.3 is 17.9 Å². The molecule has 0 saturated carbocycles. The molecule has 0 atom stereocenters. The van der Waals surface area contributed by atoms with Gasteiger partial charge in [-0.15, -0.1) is 0 Å². The topological polar surface area (TPSA) is 144 Å². The van der Waals surface area contributed by atoms with Gasteiger partial charge in [-0.05, 0) is 36.1 Å². The van der Waals surface area contributed by atoms with E-state index in [1.165, 1.54) is 114 Å².